The molecule has 1 unspecified atom stereocenters. The van der Waals surface area contributed by atoms with Crippen molar-refractivity contribution in [3.05, 3.63) is 35.9 Å². The van der Waals surface area contributed by atoms with Gasteiger partial charge in [0.1, 0.15) is 6.61 Å². The van der Waals surface area contributed by atoms with Crippen LogP contribution in [0, 0.1) is 0 Å². The summed E-state index contributed by atoms with van der Waals surface area (Å²) in [5.41, 5.74) is 0.586. The molecule has 0 spiro atoms. The smallest absolute Gasteiger partial charge is 0.420 e. The van der Waals surface area contributed by atoms with Crippen LogP contribution in [0.2, 0.25) is 0 Å². The summed E-state index contributed by atoms with van der Waals surface area (Å²) in [6.45, 7) is -0.235. The molecule has 0 fully saturated rings. The van der Waals surface area contributed by atoms with Gasteiger partial charge in [-0.15, -0.1) is 0 Å². The number of carbonyl (C=O) groups is 1. The van der Waals surface area contributed by atoms with Gasteiger partial charge >= 0.3 is 19.9 Å². The van der Waals surface area contributed by atoms with E-state index < -0.39 is 25.6 Å². The highest BCUT2D eigenvalue weighted by Gasteiger charge is 2.54. The van der Waals surface area contributed by atoms with Crippen LogP contribution in [0.15, 0.2) is 30.3 Å². The highest BCUT2D eigenvalue weighted by atomic mass is 31.2. The number of nitrogens with one attached hydrogen (secondary N) is 1. The van der Waals surface area contributed by atoms with Crippen molar-refractivity contribution in [1.29, 1.82) is 0 Å². The summed E-state index contributed by atoms with van der Waals surface area (Å²) in [6.07, 6.45) is -6.42. The maximum Gasteiger partial charge on any atom is 0.420 e. The van der Waals surface area contributed by atoms with Gasteiger partial charge in [0.2, 0.25) is 5.78 Å². The maximum absolute atomic E-state index is 12.9. The number of amides is 1. The molecule has 1 aromatic rings. The summed E-state index contributed by atoms with van der Waals surface area (Å²) in [6, 6.07) is 8.35. The summed E-state index contributed by atoms with van der Waals surface area (Å²) in [7, 11) is -3.02. The number of rotatable bonds is 6. The van der Waals surface area contributed by atoms with E-state index in [0.717, 1.165) is 14.2 Å². The molecule has 124 valence electrons. The number of hydrogen-bond donors (Lipinski definition) is 1. The molecule has 0 heterocycles. The van der Waals surface area contributed by atoms with Gasteiger partial charge in [-0.3, -0.25) is 9.88 Å². The molecular formula is C12H15F3NO5P. The molecule has 6 nitrogen and oxygen atoms in total. The normalized spacial score (nSPS) is 13.5. The lowest BCUT2D eigenvalue weighted by molar-refractivity contribution is -0.139. The van der Waals surface area contributed by atoms with Gasteiger partial charge in [-0.1, -0.05) is 30.3 Å². The van der Waals surface area contributed by atoms with Crippen LogP contribution in [-0.4, -0.2) is 32.3 Å². The van der Waals surface area contributed by atoms with Gasteiger partial charge in [0, 0.05) is 14.2 Å². The number of alkyl carbamates (subject to hydrolysis) is 1. The highest BCUT2D eigenvalue weighted by Crippen LogP contribution is 2.55. The molecule has 22 heavy (non-hydrogen) atoms. The second-order valence-electron chi connectivity index (χ2n) is 4.06. The van der Waals surface area contributed by atoms with E-state index in [1.807, 2.05) is 0 Å². The first-order valence-corrected chi connectivity index (χ1v) is 7.59. The van der Waals surface area contributed by atoms with Gasteiger partial charge in [-0.25, -0.2) is 4.79 Å². The number of ether oxygens (including phenoxy) is 1. The van der Waals surface area contributed by atoms with E-state index in [4.69, 9.17) is 0 Å². The van der Waals surface area contributed by atoms with Gasteiger partial charge in [0.15, 0.2) is 0 Å². The Bertz CT molecular complexity index is 529. The number of carbonyl (C=O) groups excluding carboxylic acids is 1. The minimum Gasteiger partial charge on any atom is -0.445 e. The molecule has 0 saturated carbocycles. The lowest BCUT2D eigenvalue weighted by Gasteiger charge is -2.26. The first-order chi connectivity index (χ1) is 10.2. The first-order valence-electron chi connectivity index (χ1n) is 5.98. The highest BCUT2D eigenvalue weighted by molar-refractivity contribution is 7.54. The zero-order valence-corrected chi connectivity index (χ0v) is 12.7. The summed E-state index contributed by atoms with van der Waals surface area (Å²) < 4.78 is 63.8. The lowest BCUT2D eigenvalue weighted by Crippen LogP contribution is -2.45. The molecule has 0 saturated heterocycles. The van der Waals surface area contributed by atoms with Crippen LogP contribution < -0.4 is 5.32 Å². The van der Waals surface area contributed by atoms with Crippen molar-refractivity contribution in [2.45, 2.75) is 18.6 Å². The number of benzene rings is 1. The van der Waals surface area contributed by atoms with Gasteiger partial charge in [0.25, 0.3) is 0 Å². The van der Waals surface area contributed by atoms with Crippen molar-refractivity contribution in [3.63, 3.8) is 0 Å². The Morgan fingerprint density at radius 1 is 1.23 bits per heavy atom. The van der Waals surface area contributed by atoms with Crippen molar-refractivity contribution in [3.8, 4) is 0 Å². The van der Waals surface area contributed by atoms with E-state index in [9.17, 15) is 22.5 Å². The number of alkyl halides is 3. The first kappa shape index (κ1) is 18.5. The fourth-order valence-electron chi connectivity index (χ4n) is 1.50. The minimum atomic E-state index is -5.03. The van der Waals surface area contributed by atoms with Gasteiger partial charge in [-0.05, 0) is 5.56 Å². The zero-order valence-electron chi connectivity index (χ0n) is 11.8. The molecular weight excluding hydrogens is 326 g/mol. The summed E-state index contributed by atoms with van der Waals surface area (Å²) in [4.78, 5) is 11.5. The van der Waals surface area contributed by atoms with E-state index in [1.165, 1.54) is 5.32 Å². The Labute approximate surface area is 125 Å². The SMILES string of the molecule is COP(=O)(OC)C(NC(=O)OCc1ccccc1)C(F)(F)F. The van der Waals surface area contributed by atoms with Crippen molar-refractivity contribution in [1.82, 2.24) is 5.32 Å². The monoisotopic (exact) mass is 341 g/mol. The number of hydrogen-bond acceptors (Lipinski definition) is 5. The Kier molecular flexibility index (Phi) is 6.40. The van der Waals surface area contributed by atoms with E-state index in [1.54, 1.807) is 30.3 Å². The standard InChI is InChI=1S/C12H15F3NO5P/c1-19-22(18,20-2)10(12(13,14)15)16-11(17)21-8-9-6-4-3-5-7-9/h3-7,10H,8H2,1-2H3,(H,16,17). The summed E-state index contributed by atoms with van der Waals surface area (Å²) >= 11 is 0. The number of halogens is 3. The molecule has 0 aliphatic heterocycles. The van der Waals surface area contributed by atoms with Crippen LogP contribution in [0.5, 0.6) is 0 Å². The molecule has 1 rings (SSSR count). The average molecular weight is 341 g/mol. The van der Waals surface area contributed by atoms with Crippen molar-refractivity contribution in [2.24, 2.45) is 0 Å². The molecule has 0 radical (unpaired) electrons. The van der Waals surface area contributed by atoms with Crippen molar-refractivity contribution >= 4 is 13.7 Å². The molecule has 1 atom stereocenters. The Hall–Kier alpha value is -1.57. The van der Waals surface area contributed by atoms with Crippen LogP contribution in [0.4, 0.5) is 18.0 Å². The molecule has 1 amide bonds. The second kappa shape index (κ2) is 7.62. The molecule has 0 aromatic heterocycles. The van der Waals surface area contributed by atoms with E-state index in [0.29, 0.717) is 5.56 Å². The fraction of sp³-hybridized carbons (Fsp3) is 0.417. The molecule has 1 aromatic carbocycles. The third kappa shape index (κ3) is 5.01. The molecule has 1 N–H and O–H groups in total. The van der Waals surface area contributed by atoms with Crippen LogP contribution in [-0.2, 0) is 25.0 Å². The largest absolute Gasteiger partial charge is 0.445 e. The third-order valence-electron chi connectivity index (χ3n) is 2.60. The topological polar surface area (TPSA) is 73.9 Å². The quantitative estimate of drug-likeness (QED) is 0.804. The molecule has 0 bridgehead atoms. The Balaban J connectivity index is 2.74. The average Bonchev–Trinajstić information content (AvgIpc) is 2.50. The van der Waals surface area contributed by atoms with E-state index >= 15 is 0 Å². The molecule has 0 aliphatic rings. The maximum atomic E-state index is 12.9. The minimum absolute atomic E-state index is 0.235. The Morgan fingerprint density at radius 3 is 2.23 bits per heavy atom. The van der Waals surface area contributed by atoms with Crippen LogP contribution >= 0.6 is 7.60 Å². The van der Waals surface area contributed by atoms with Gasteiger partial charge < -0.3 is 13.8 Å². The van der Waals surface area contributed by atoms with Crippen LogP contribution in [0.1, 0.15) is 5.56 Å². The van der Waals surface area contributed by atoms with E-state index in [-0.39, 0.29) is 6.61 Å². The van der Waals surface area contributed by atoms with Crippen LogP contribution in [0.25, 0.3) is 0 Å². The summed E-state index contributed by atoms with van der Waals surface area (Å²) in [5.74, 6) is -2.82. The third-order valence-corrected chi connectivity index (χ3v) is 4.67. The predicted octanol–water partition coefficient (Wildman–Crippen LogP) is 3.29. The fourth-order valence-corrected chi connectivity index (χ4v) is 2.69. The zero-order chi connectivity index (χ0) is 16.8. The van der Waals surface area contributed by atoms with Crippen LogP contribution in [0.3, 0.4) is 0 Å². The second-order valence-corrected chi connectivity index (χ2v) is 6.38. The summed E-state index contributed by atoms with van der Waals surface area (Å²) in [5, 5.41) is 1.47. The lowest BCUT2D eigenvalue weighted by atomic mass is 10.2. The Morgan fingerprint density at radius 2 is 1.77 bits per heavy atom. The molecule has 0 aliphatic carbocycles. The van der Waals surface area contributed by atoms with Gasteiger partial charge in [-0.2, -0.15) is 13.2 Å². The van der Waals surface area contributed by atoms with Crippen molar-refractivity contribution in [2.75, 3.05) is 14.2 Å². The molecule has 10 heteroatoms. The van der Waals surface area contributed by atoms with E-state index in [2.05, 4.69) is 13.8 Å². The predicted molar refractivity (Wildman–Crippen MR) is 71.2 cm³/mol. The van der Waals surface area contributed by atoms with Crippen molar-refractivity contribution < 1.29 is 36.3 Å². The van der Waals surface area contributed by atoms with Gasteiger partial charge in [0.05, 0.1) is 0 Å².